The van der Waals surface area contributed by atoms with E-state index in [0.29, 0.717) is 0 Å². The molecule has 0 aromatic heterocycles. The first-order valence-electron chi connectivity index (χ1n) is 3.88. The van der Waals surface area contributed by atoms with E-state index in [4.69, 9.17) is 15.3 Å². The average Bonchev–Trinajstić information content (AvgIpc) is 2.14. The SMILES string of the molecule is CN[C@H](CC(=O)O)C(=O)O.NCC(=O)O. The number of nitrogens with two attached hydrogens (primary N) is 1. The molecule has 0 radical (unpaired) electrons. The van der Waals surface area contributed by atoms with Crippen LogP contribution in [0.25, 0.3) is 0 Å². The number of carbonyl (C=O) groups is 3. The van der Waals surface area contributed by atoms with Gasteiger partial charge >= 0.3 is 17.9 Å². The molecule has 0 saturated carbocycles. The Morgan fingerprint density at radius 1 is 1.20 bits per heavy atom. The van der Waals surface area contributed by atoms with Crippen LogP contribution in [0.5, 0.6) is 0 Å². The van der Waals surface area contributed by atoms with Crippen LogP contribution in [-0.2, 0) is 14.4 Å². The molecule has 0 aliphatic rings. The molecule has 0 unspecified atom stereocenters. The molecule has 0 bridgehead atoms. The highest BCUT2D eigenvalue weighted by Crippen LogP contribution is 1.89. The Balaban J connectivity index is 0. The molecule has 6 N–H and O–H groups in total. The first kappa shape index (κ1) is 15.8. The van der Waals surface area contributed by atoms with Crippen molar-refractivity contribution in [2.45, 2.75) is 12.5 Å². The predicted molar refractivity (Wildman–Crippen MR) is 49.4 cm³/mol. The van der Waals surface area contributed by atoms with Crippen LogP contribution in [-0.4, -0.2) is 52.9 Å². The highest BCUT2D eigenvalue weighted by atomic mass is 16.4. The Bertz CT molecular complexity index is 230. The zero-order valence-corrected chi connectivity index (χ0v) is 8.14. The summed E-state index contributed by atoms with van der Waals surface area (Å²) in [6.45, 7) is -0.278. The van der Waals surface area contributed by atoms with Crippen molar-refractivity contribution in [3.05, 3.63) is 0 Å². The molecule has 8 heteroatoms. The monoisotopic (exact) mass is 222 g/mol. The molecule has 15 heavy (non-hydrogen) atoms. The molecular weight excluding hydrogens is 208 g/mol. The molecule has 0 aliphatic heterocycles. The van der Waals surface area contributed by atoms with Gasteiger partial charge in [0.2, 0.25) is 0 Å². The number of hydrogen-bond acceptors (Lipinski definition) is 5. The van der Waals surface area contributed by atoms with Gasteiger partial charge in [0.15, 0.2) is 0 Å². The normalized spacial score (nSPS) is 10.8. The van der Waals surface area contributed by atoms with E-state index in [-0.39, 0.29) is 6.54 Å². The lowest BCUT2D eigenvalue weighted by Crippen LogP contribution is -2.35. The van der Waals surface area contributed by atoms with E-state index in [1.807, 2.05) is 0 Å². The van der Waals surface area contributed by atoms with E-state index >= 15 is 0 Å². The zero-order valence-electron chi connectivity index (χ0n) is 8.14. The van der Waals surface area contributed by atoms with Crippen molar-refractivity contribution < 1.29 is 29.7 Å². The lowest BCUT2D eigenvalue weighted by Gasteiger charge is -2.06. The topological polar surface area (TPSA) is 150 Å². The summed E-state index contributed by atoms with van der Waals surface area (Å²) in [5.74, 6) is -3.24. The Morgan fingerprint density at radius 3 is 1.67 bits per heavy atom. The largest absolute Gasteiger partial charge is 0.481 e. The summed E-state index contributed by atoms with van der Waals surface area (Å²) < 4.78 is 0. The van der Waals surface area contributed by atoms with E-state index in [1.54, 1.807) is 0 Å². The molecule has 0 aliphatic carbocycles. The number of aliphatic carboxylic acids is 3. The number of rotatable bonds is 5. The van der Waals surface area contributed by atoms with Crippen LogP contribution in [0.2, 0.25) is 0 Å². The fraction of sp³-hybridized carbons (Fsp3) is 0.571. The molecule has 0 spiro atoms. The maximum atomic E-state index is 10.1. The summed E-state index contributed by atoms with van der Waals surface area (Å²) in [4.78, 5) is 29.4. The van der Waals surface area contributed by atoms with Crippen molar-refractivity contribution in [3.8, 4) is 0 Å². The van der Waals surface area contributed by atoms with Gasteiger partial charge < -0.3 is 26.4 Å². The van der Waals surface area contributed by atoms with Crippen molar-refractivity contribution in [1.29, 1.82) is 0 Å². The second-order valence-corrected chi connectivity index (χ2v) is 2.38. The fourth-order valence-corrected chi connectivity index (χ4v) is 0.487. The van der Waals surface area contributed by atoms with Gasteiger partial charge in [0.25, 0.3) is 0 Å². The van der Waals surface area contributed by atoms with Crippen LogP contribution >= 0.6 is 0 Å². The summed E-state index contributed by atoms with van der Waals surface area (Å²) in [6, 6.07) is -0.988. The summed E-state index contributed by atoms with van der Waals surface area (Å²) in [6.07, 6.45) is -0.397. The van der Waals surface area contributed by atoms with Crippen LogP contribution in [0, 0.1) is 0 Å². The second-order valence-electron chi connectivity index (χ2n) is 2.38. The van der Waals surface area contributed by atoms with Gasteiger partial charge in [0.05, 0.1) is 13.0 Å². The smallest absolute Gasteiger partial charge is 0.321 e. The average molecular weight is 222 g/mol. The number of carboxylic acids is 3. The fourth-order valence-electron chi connectivity index (χ4n) is 0.487. The Hall–Kier alpha value is -1.67. The van der Waals surface area contributed by atoms with Crippen LogP contribution in [0.3, 0.4) is 0 Å². The molecule has 0 aromatic rings. The van der Waals surface area contributed by atoms with Crippen LogP contribution in [0.15, 0.2) is 0 Å². The number of likely N-dealkylation sites (N-methyl/N-ethyl adjacent to an activating group) is 1. The maximum absolute atomic E-state index is 10.1. The van der Waals surface area contributed by atoms with E-state index in [9.17, 15) is 14.4 Å². The second kappa shape index (κ2) is 8.91. The van der Waals surface area contributed by atoms with Crippen molar-refractivity contribution in [2.24, 2.45) is 5.73 Å². The van der Waals surface area contributed by atoms with Gasteiger partial charge in [-0.25, -0.2) is 0 Å². The lowest BCUT2D eigenvalue weighted by molar-refractivity contribution is -0.145. The minimum absolute atomic E-state index is 0.278. The van der Waals surface area contributed by atoms with Crippen molar-refractivity contribution in [1.82, 2.24) is 5.32 Å². The van der Waals surface area contributed by atoms with Crippen molar-refractivity contribution in [3.63, 3.8) is 0 Å². The van der Waals surface area contributed by atoms with Crippen molar-refractivity contribution >= 4 is 17.9 Å². The van der Waals surface area contributed by atoms with E-state index in [2.05, 4.69) is 11.1 Å². The van der Waals surface area contributed by atoms with Gasteiger partial charge in [-0.1, -0.05) is 0 Å². The third-order valence-electron chi connectivity index (χ3n) is 1.20. The molecule has 0 saturated heterocycles. The summed E-state index contributed by atoms with van der Waals surface area (Å²) in [7, 11) is 1.40. The molecule has 0 heterocycles. The standard InChI is InChI=1S/C5H9NO4.C2H5NO2/c1-6-3(5(9)10)2-4(7)8;3-1-2(4)5/h3,6H,2H2,1H3,(H,7,8)(H,9,10);1,3H2,(H,4,5)/t3-;/m1./s1. The van der Waals surface area contributed by atoms with Gasteiger partial charge in [-0.2, -0.15) is 0 Å². The first-order chi connectivity index (χ1) is 6.84. The Labute approximate surface area is 85.7 Å². The highest BCUT2D eigenvalue weighted by Gasteiger charge is 2.17. The number of nitrogens with one attached hydrogen (secondary N) is 1. The van der Waals surface area contributed by atoms with Crippen molar-refractivity contribution in [2.75, 3.05) is 13.6 Å². The van der Waals surface area contributed by atoms with E-state index in [1.165, 1.54) is 7.05 Å². The zero-order chi connectivity index (χ0) is 12.4. The number of hydrogen-bond donors (Lipinski definition) is 5. The highest BCUT2D eigenvalue weighted by molar-refractivity contribution is 5.80. The van der Waals surface area contributed by atoms with Gasteiger partial charge in [-0.3, -0.25) is 14.4 Å². The molecule has 0 amide bonds. The quantitative estimate of drug-likeness (QED) is 0.364. The molecule has 0 fully saturated rings. The summed E-state index contributed by atoms with van der Waals surface area (Å²) in [5, 5.41) is 26.4. The third kappa shape index (κ3) is 12.3. The van der Waals surface area contributed by atoms with Gasteiger partial charge in [0, 0.05) is 0 Å². The Kier molecular flexibility index (Phi) is 9.37. The summed E-state index contributed by atoms with van der Waals surface area (Å²) >= 11 is 0. The minimum Gasteiger partial charge on any atom is -0.481 e. The van der Waals surface area contributed by atoms with Crippen LogP contribution < -0.4 is 11.1 Å². The van der Waals surface area contributed by atoms with Gasteiger partial charge in [-0.05, 0) is 7.05 Å². The molecule has 0 aromatic carbocycles. The lowest BCUT2D eigenvalue weighted by atomic mass is 10.2. The predicted octanol–water partition coefficient (Wildman–Crippen LogP) is -1.84. The minimum atomic E-state index is -1.15. The first-order valence-corrected chi connectivity index (χ1v) is 3.88. The molecule has 8 nitrogen and oxygen atoms in total. The third-order valence-corrected chi connectivity index (χ3v) is 1.20. The molecule has 0 rings (SSSR count). The van der Waals surface area contributed by atoms with E-state index < -0.39 is 30.4 Å². The van der Waals surface area contributed by atoms with E-state index in [0.717, 1.165) is 0 Å². The van der Waals surface area contributed by atoms with Crippen LogP contribution in [0.1, 0.15) is 6.42 Å². The molecule has 88 valence electrons. The Morgan fingerprint density at radius 2 is 1.60 bits per heavy atom. The van der Waals surface area contributed by atoms with Crippen LogP contribution in [0.4, 0.5) is 0 Å². The molecular formula is C7H14N2O6. The maximum Gasteiger partial charge on any atom is 0.321 e. The van der Waals surface area contributed by atoms with Gasteiger partial charge in [0.1, 0.15) is 6.04 Å². The van der Waals surface area contributed by atoms with Gasteiger partial charge in [-0.15, -0.1) is 0 Å². The molecule has 1 atom stereocenters. The number of carboxylic acid groups (broad SMARTS) is 3. The summed E-state index contributed by atoms with van der Waals surface area (Å²) in [5.41, 5.74) is 4.57.